The molecule has 8 heteroatoms. The number of halogens is 3. The summed E-state index contributed by atoms with van der Waals surface area (Å²) in [6.07, 6.45) is -4.64. The molecule has 29 heavy (non-hydrogen) atoms. The molecule has 1 atom stereocenters. The van der Waals surface area contributed by atoms with Gasteiger partial charge >= 0.3 is 6.36 Å². The summed E-state index contributed by atoms with van der Waals surface area (Å²) in [7, 11) is 0. The fourth-order valence-corrected chi connectivity index (χ4v) is 3.41. The molecule has 1 fully saturated rings. The minimum atomic E-state index is -4.75. The van der Waals surface area contributed by atoms with E-state index < -0.39 is 12.3 Å². The largest absolute Gasteiger partial charge is 0.573 e. The maximum atomic E-state index is 12.5. The van der Waals surface area contributed by atoms with Gasteiger partial charge < -0.3 is 15.0 Å². The van der Waals surface area contributed by atoms with E-state index in [1.54, 1.807) is 0 Å². The van der Waals surface area contributed by atoms with Crippen LogP contribution >= 0.6 is 0 Å². The zero-order valence-corrected chi connectivity index (χ0v) is 16.0. The molecule has 0 saturated carbocycles. The van der Waals surface area contributed by atoms with Crippen LogP contribution in [0.1, 0.15) is 23.1 Å². The number of benzene rings is 2. The third-order valence-electron chi connectivity index (χ3n) is 4.60. The van der Waals surface area contributed by atoms with Crippen molar-refractivity contribution >= 4 is 17.5 Å². The van der Waals surface area contributed by atoms with Crippen LogP contribution in [-0.2, 0) is 16.1 Å². The standard InChI is InChI=1S/C21H21F3N2O3/c1-13-7-14(2)9-17(8-13)25-20(28)16-10-19(27)26(12-16)11-15-3-5-18(6-4-15)29-21(22,23)24/h3-9,16H,10-12H2,1-2H3,(H,25,28)/t16-/m1/s1. The Labute approximate surface area is 166 Å². The highest BCUT2D eigenvalue weighted by atomic mass is 19.4. The predicted molar refractivity (Wildman–Crippen MR) is 101 cm³/mol. The van der Waals surface area contributed by atoms with Crippen LogP contribution < -0.4 is 10.1 Å². The van der Waals surface area contributed by atoms with Crippen molar-refractivity contribution in [3.05, 3.63) is 59.2 Å². The van der Waals surface area contributed by atoms with Crippen molar-refractivity contribution in [2.75, 3.05) is 11.9 Å². The lowest BCUT2D eigenvalue weighted by Crippen LogP contribution is -2.28. The van der Waals surface area contributed by atoms with Gasteiger partial charge in [-0.15, -0.1) is 13.2 Å². The number of anilines is 1. The molecule has 1 aliphatic heterocycles. The van der Waals surface area contributed by atoms with Gasteiger partial charge in [0, 0.05) is 25.2 Å². The molecule has 0 radical (unpaired) electrons. The van der Waals surface area contributed by atoms with Gasteiger partial charge in [0.15, 0.2) is 0 Å². The summed E-state index contributed by atoms with van der Waals surface area (Å²) in [5.74, 6) is -1.18. The summed E-state index contributed by atoms with van der Waals surface area (Å²) >= 11 is 0. The first kappa shape index (κ1) is 20.7. The molecule has 1 saturated heterocycles. The zero-order chi connectivity index (χ0) is 21.2. The second-order valence-electron chi connectivity index (χ2n) is 7.23. The number of alkyl halides is 3. The van der Waals surface area contributed by atoms with Crippen LogP contribution in [0.15, 0.2) is 42.5 Å². The molecule has 1 aliphatic rings. The number of ether oxygens (including phenoxy) is 1. The van der Waals surface area contributed by atoms with Gasteiger partial charge in [-0.3, -0.25) is 9.59 Å². The van der Waals surface area contributed by atoms with Crippen LogP contribution in [0.3, 0.4) is 0 Å². The monoisotopic (exact) mass is 406 g/mol. The van der Waals surface area contributed by atoms with E-state index in [-0.39, 0.29) is 37.1 Å². The summed E-state index contributed by atoms with van der Waals surface area (Å²) in [6, 6.07) is 11.1. The highest BCUT2D eigenvalue weighted by Gasteiger charge is 2.34. The number of rotatable bonds is 5. The number of nitrogens with zero attached hydrogens (tertiary/aromatic N) is 1. The van der Waals surface area contributed by atoms with Crippen LogP contribution in [-0.4, -0.2) is 29.6 Å². The zero-order valence-electron chi connectivity index (χ0n) is 16.0. The second-order valence-corrected chi connectivity index (χ2v) is 7.23. The average molecular weight is 406 g/mol. The van der Waals surface area contributed by atoms with Gasteiger partial charge in [0.25, 0.3) is 0 Å². The van der Waals surface area contributed by atoms with Crippen LogP contribution in [0, 0.1) is 19.8 Å². The van der Waals surface area contributed by atoms with Crippen molar-refractivity contribution in [3.8, 4) is 5.75 Å². The Morgan fingerprint density at radius 3 is 2.34 bits per heavy atom. The molecule has 0 aliphatic carbocycles. The Kier molecular flexibility index (Phi) is 5.81. The van der Waals surface area contributed by atoms with E-state index >= 15 is 0 Å². The second kappa shape index (κ2) is 8.14. The van der Waals surface area contributed by atoms with Crippen molar-refractivity contribution < 1.29 is 27.5 Å². The van der Waals surface area contributed by atoms with E-state index in [0.29, 0.717) is 11.3 Å². The number of carbonyl (C=O) groups is 2. The van der Waals surface area contributed by atoms with Gasteiger partial charge in [-0.2, -0.15) is 0 Å². The number of hydrogen-bond acceptors (Lipinski definition) is 3. The molecular weight excluding hydrogens is 385 g/mol. The van der Waals surface area contributed by atoms with Gasteiger partial charge in [0.2, 0.25) is 11.8 Å². The fourth-order valence-electron chi connectivity index (χ4n) is 3.41. The Morgan fingerprint density at radius 2 is 1.76 bits per heavy atom. The molecule has 0 bridgehead atoms. The number of nitrogens with one attached hydrogen (secondary N) is 1. The molecule has 2 amide bonds. The molecule has 154 valence electrons. The summed E-state index contributed by atoms with van der Waals surface area (Å²) in [5, 5.41) is 2.86. The molecule has 3 rings (SSSR count). The Balaban J connectivity index is 1.59. The van der Waals surface area contributed by atoms with Crippen molar-refractivity contribution in [1.82, 2.24) is 4.90 Å². The molecule has 2 aromatic rings. The topological polar surface area (TPSA) is 58.6 Å². The van der Waals surface area contributed by atoms with Crippen LogP contribution in [0.4, 0.5) is 18.9 Å². The quantitative estimate of drug-likeness (QED) is 0.810. The number of hydrogen-bond donors (Lipinski definition) is 1. The lowest BCUT2D eigenvalue weighted by Gasteiger charge is -2.17. The highest BCUT2D eigenvalue weighted by molar-refractivity contribution is 5.97. The molecule has 2 aromatic carbocycles. The Morgan fingerprint density at radius 1 is 1.14 bits per heavy atom. The van der Waals surface area contributed by atoms with Crippen LogP contribution in [0.2, 0.25) is 0 Å². The minimum absolute atomic E-state index is 0.103. The molecule has 5 nitrogen and oxygen atoms in total. The first-order valence-electron chi connectivity index (χ1n) is 9.11. The third-order valence-corrected chi connectivity index (χ3v) is 4.60. The maximum absolute atomic E-state index is 12.5. The normalized spacial score (nSPS) is 16.8. The summed E-state index contributed by atoms with van der Waals surface area (Å²) in [5.41, 5.74) is 3.41. The molecule has 1 heterocycles. The van der Waals surface area contributed by atoms with E-state index in [0.717, 1.165) is 11.1 Å². The van der Waals surface area contributed by atoms with E-state index in [4.69, 9.17) is 0 Å². The predicted octanol–water partition coefficient (Wildman–Crippen LogP) is 4.19. The van der Waals surface area contributed by atoms with Crippen LogP contribution in [0.5, 0.6) is 5.75 Å². The van der Waals surface area contributed by atoms with Crippen molar-refractivity contribution in [1.29, 1.82) is 0 Å². The van der Waals surface area contributed by atoms with Crippen molar-refractivity contribution in [3.63, 3.8) is 0 Å². The van der Waals surface area contributed by atoms with E-state index in [1.165, 1.54) is 29.2 Å². The Hall–Kier alpha value is -3.03. The first-order valence-corrected chi connectivity index (χ1v) is 9.11. The molecular formula is C21H21F3N2O3. The van der Waals surface area contributed by atoms with Gasteiger partial charge in [-0.25, -0.2) is 0 Å². The van der Waals surface area contributed by atoms with Crippen molar-refractivity contribution in [2.45, 2.75) is 33.2 Å². The van der Waals surface area contributed by atoms with E-state index in [2.05, 4.69) is 10.1 Å². The number of carbonyl (C=O) groups excluding carboxylic acids is 2. The van der Waals surface area contributed by atoms with Crippen LogP contribution in [0.25, 0.3) is 0 Å². The highest BCUT2D eigenvalue weighted by Crippen LogP contribution is 2.25. The molecule has 0 unspecified atom stereocenters. The van der Waals surface area contributed by atoms with Gasteiger partial charge in [0.1, 0.15) is 5.75 Å². The molecule has 1 N–H and O–H groups in total. The first-order chi connectivity index (χ1) is 13.6. The number of amides is 2. The van der Waals surface area contributed by atoms with Gasteiger partial charge in [-0.1, -0.05) is 18.2 Å². The fraction of sp³-hybridized carbons (Fsp3) is 0.333. The number of likely N-dealkylation sites (tertiary alicyclic amines) is 1. The molecule has 0 aromatic heterocycles. The minimum Gasteiger partial charge on any atom is -0.406 e. The lowest BCUT2D eigenvalue weighted by atomic mass is 10.1. The molecule has 0 spiro atoms. The van der Waals surface area contributed by atoms with Gasteiger partial charge in [0.05, 0.1) is 5.92 Å². The summed E-state index contributed by atoms with van der Waals surface area (Å²) in [6.45, 7) is 4.36. The summed E-state index contributed by atoms with van der Waals surface area (Å²) < 4.78 is 40.5. The average Bonchev–Trinajstić information content (AvgIpc) is 2.95. The van der Waals surface area contributed by atoms with Gasteiger partial charge in [-0.05, 0) is 54.8 Å². The smallest absolute Gasteiger partial charge is 0.406 e. The SMILES string of the molecule is Cc1cc(C)cc(NC(=O)[C@@H]2CC(=O)N(Cc3ccc(OC(F)(F)F)cc3)C2)c1. The van der Waals surface area contributed by atoms with E-state index in [9.17, 15) is 22.8 Å². The lowest BCUT2D eigenvalue weighted by molar-refractivity contribution is -0.274. The summed E-state index contributed by atoms with van der Waals surface area (Å²) in [4.78, 5) is 26.4. The number of aryl methyl sites for hydroxylation is 2. The Bertz CT molecular complexity index is 890. The maximum Gasteiger partial charge on any atom is 0.573 e. The van der Waals surface area contributed by atoms with E-state index in [1.807, 2.05) is 32.0 Å². The third kappa shape index (κ3) is 5.73. The van der Waals surface area contributed by atoms with Crippen molar-refractivity contribution in [2.24, 2.45) is 5.92 Å².